The summed E-state index contributed by atoms with van der Waals surface area (Å²) in [6.45, 7) is 3.80. The summed E-state index contributed by atoms with van der Waals surface area (Å²) in [5.74, 6) is 0. The van der Waals surface area contributed by atoms with Crippen LogP contribution in [0.3, 0.4) is 0 Å². The second-order valence-corrected chi connectivity index (χ2v) is 4.86. The first-order valence-corrected chi connectivity index (χ1v) is 7.03. The summed E-state index contributed by atoms with van der Waals surface area (Å²) >= 11 is 0. The average molecular weight is 258 g/mol. The normalized spacial score (nSPS) is 21.3. The highest BCUT2D eigenvalue weighted by Gasteiger charge is 2.13. The van der Waals surface area contributed by atoms with Crippen LogP contribution in [0.15, 0.2) is 0 Å². The predicted molar refractivity (Wildman–Crippen MR) is 70.5 cm³/mol. The molecule has 2 unspecified atom stereocenters. The highest BCUT2D eigenvalue weighted by atomic mass is 16.5. The van der Waals surface area contributed by atoms with E-state index in [9.17, 15) is 9.90 Å². The van der Waals surface area contributed by atoms with E-state index in [0.717, 1.165) is 38.7 Å². The number of aliphatic hydroxyl groups is 1. The molecule has 0 bridgehead atoms. The number of rotatable bonds is 7. The first kappa shape index (κ1) is 15.2. The SMILES string of the molecule is CCCC(O)CNC(=O)NCCC1CCCCO1. The maximum Gasteiger partial charge on any atom is 0.314 e. The molecule has 5 heteroatoms. The van der Waals surface area contributed by atoms with Crippen LogP contribution in [-0.2, 0) is 4.74 Å². The number of hydrogen-bond donors (Lipinski definition) is 3. The third-order valence-electron chi connectivity index (χ3n) is 3.15. The van der Waals surface area contributed by atoms with Crippen molar-refractivity contribution in [3.63, 3.8) is 0 Å². The molecule has 1 rings (SSSR count). The zero-order valence-electron chi connectivity index (χ0n) is 11.3. The zero-order valence-corrected chi connectivity index (χ0v) is 11.3. The molecule has 0 saturated carbocycles. The predicted octanol–water partition coefficient (Wildman–Crippen LogP) is 1.41. The molecule has 1 aliphatic heterocycles. The van der Waals surface area contributed by atoms with Gasteiger partial charge in [-0.2, -0.15) is 0 Å². The van der Waals surface area contributed by atoms with Gasteiger partial charge in [-0.25, -0.2) is 4.79 Å². The van der Waals surface area contributed by atoms with Gasteiger partial charge < -0.3 is 20.5 Å². The van der Waals surface area contributed by atoms with Crippen molar-refractivity contribution in [1.29, 1.82) is 0 Å². The Morgan fingerprint density at radius 3 is 2.94 bits per heavy atom. The number of nitrogens with one attached hydrogen (secondary N) is 2. The Labute approximate surface area is 109 Å². The molecule has 3 N–H and O–H groups in total. The Morgan fingerprint density at radius 2 is 2.28 bits per heavy atom. The number of amides is 2. The lowest BCUT2D eigenvalue weighted by Crippen LogP contribution is -2.40. The monoisotopic (exact) mass is 258 g/mol. The Morgan fingerprint density at radius 1 is 1.44 bits per heavy atom. The van der Waals surface area contributed by atoms with E-state index < -0.39 is 6.10 Å². The van der Waals surface area contributed by atoms with Gasteiger partial charge in [-0.15, -0.1) is 0 Å². The van der Waals surface area contributed by atoms with E-state index in [1.165, 1.54) is 6.42 Å². The molecule has 2 atom stereocenters. The highest BCUT2D eigenvalue weighted by molar-refractivity contribution is 5.73. The van der Waals surface area contributed by atoms with Gasteiger partial charge in [0.2, 0.25) is 0 Å². The molecule has 0 aromatic rings. The number of carbonyl (C=O) groups excluding carboxylic acids is 1. The van der Waals surface area contributed by atoms with Crippen molar-refractivity contribution in [3.05, 3.63) is 0 Å². The van der Waals surface area contributed by atoms with Gasteiger partial charge in [-0.05, 0) is 32.1 Å². The number of urea groups is 1. The van der Waals surface area contributed by atoms with Crippen LogP contribution in [0.5, 0.6) is 0 Å². The van der Waals surface area contributed by atoms with Crippen LogP contribution in [-0.4, -0.2) is 43.0 Å². The molecule has 1 fully saturated rings. The Kier molecular flexibility index (Phi) is 7.76. The van der Waals surface area contributed by atoms with Crippen molar-refractivity contribution in [3.8, 4) is 0 Å². The van der Waals surface area contributed by atoms with Crippen LogP contribution < -0.4 is 10.6 Å². The summed E-state index contributed by atoms with van der Waals surface area (Å²) in [5, 5.41) is 14.9. The third kappa shape index (κ3) is 6.81. The van der Waals surface area contributed by atoms with Gasteiger partial charge in [0.25, 0.3) is 0 Å². The minimum absolute atomic E-state index is 0.207. The molecule has 0 aromatic carbocycles. The van der Waals surface area contributed by atoms with Crippen molar-refractivity contribution in [2.24, 2.45) is 0 Å². The van der Waals surface area contributed by atoms with E-state index in [2.05, 4.69) is 10.6 Å². The molecule has 2 amide bonds. The molecular weight excluding hydrogens is 232 g/mol. The van der Waals surface area contributed by atoms with Crippen molar-refractivity contribution in [1.82, 2.24) is 10.6 Å². The largest absolute Gasteiger partial charge is 0.391 e. The Balaban J connectivity index is 1.99. The maximum absolute atomic E-state index is 11.4. The first-order valence-electron chi connectivity index (χ1n) is 7.03. The molecule has 1 saturated heterocycles. The van der Waals surface area contributed by atoms with Crippen LogP contribution in [0.25, 0.3) is 0 Å². The summed E-state index contributed by atoms with van der Waals surface area (Å²) in [4.78, 5) is 11.4. The van der Waals surface area contributed by atoms with Gasteiger partial charge in [0, 0.05) is 19.7 Å². The third-order valence-corrected chi connectivity index (χ3v) is 3.15. The van der Waals surface area contributed by atoms with E-state index in [4.69, 9.17) is 4.74 Å². The topological polar surface area (TPSA) is 70.6 Å². The van der Waals surface area contributed by atoms with Crippen molar-refractivity contribution >= 4 is 6.03 Å². The molecule has 5 nitrogen and oxygen atoms in total. The van der Waals surface area contributed by atoms with Crippen molar-refractivity contribution in [2.45, 2.75) is 57.7 Å². The van der Waals surface area contributed by atoms with Gasteiger partial charge >= 0.3 is 6.03 Å². The highest BCUT2D eigenvalue weighted by Crippen LogP contribution is 2.14. The Hall–Kier alpha value is -0.810. The van der Waals surface area contributed by atoms with E-state index in [-0.39, 0.29) is 6.03 Å². The summed E-state index contributed by atoms with van der Waals surface area (Å²) in [6, 6.07) is -0.207. The van der Waals surface area contributed by atoms with E-state index in [1.54, 1.807) is 0 Å². The fraction of sp³-hybridized carbons (Fsp3) is 0.923. The van der Waals surface area contributed by atoms with Gasteiger partial charge in [-0.1, -0.05) is 13.3 Å². The molecule has 0 aliphatic carbocycles. The van der Waals surface area contributed by atoms with Crippen LogP contribution in [0, 0.1) is 0 Å². The number of carbonyl (C=O) groups is 1. The Bertz CT molecular complexity index is 230. The lowest BCUT2D eigenvalue weighted by molar-refractivity contribution is 0.0120. The summed E-state index contributed by atoms with van der Waals surface area (Å²) in [6.07, 6.45) is 5.83. The molecule has 18 heavy (non-hydrogen) atoms. The molecule has 106 valence electrons. The van der Waals surface area contributed by atoms with Gasteiger partial charge in [0.15, 0.2) is 0 Å². The van der Waals surface area contributed by atoms with Crippen LogP contribution in [0.1, 0.15) is 45.4 Å². The lowest BCUT2D eigenvalue weighted by Gasteiger charge is -2.22. The second-order valence-electron chi connectivity index (χ2n) is 4.86. The molecule has 0 spiro atoms. The number of ether oxygens (including phenoxy) is 1. The van der Waals surface area contributed by atoms with E-state index in [0.29, 0.717) is 19.2 Å². The van der Waals surface area contributed by atoms with Crippen molar-refractivity contribution < 1.29 is 14.6 Å². The standard InChI is InChI=1S/C13H26N2O3/c1-2-5-11(16)10-15-13(17)14-8-7-12-6-3-4-9-18-12/h11-12,16H,2-10H2,1H3,(H2,14,15,17). The zero-order chi connectivity index (χ0) is 13.2. The number of aliphatic hydroxyl groups excluding tert-OH is 1. The average Bonchev–Trinajstić information content (AvgIpc) is 2.38. The minimum atomic E-state index is -0.442. The smallest absolute Gasteiger partial charge is 0.314 e. The molecule has 0 radical (unpaired) electrons. The van der Waals surface area contributed by atoms with E-state index >= 15 is 0 Å². The summed E-state index contributed by atoms with van der Waals surface area (Å²) in [5.41, 5.74) is 0. The lowest BCUT2D eigenvalue weighted by atomic mass is 10.1. The number of hydrogen-bond acceptors (Lipinski definition) is 3. The van der Waals surface area contributed by atoms with Gasteiger partial charge in [0.05, 0.1) is 12.2 Å². The van der Waals surface area contributed by atoms with Crippen LogP contribution in [0.4, 0.5) is 4.79 Å². The first-order chi connectivity index (χ1) is 8.72. The van der Waals surface area contributed by atoms with E-state index in [1.807, 2.05) is 6.92 Å². The fourth-order valence-corrected chi connectivity index (χ4v) is 2.09. The molecular formula is C13H26N2O3. The molecule has 1 heterocycles. The van der Waals surface area contributed by atoms with Gasteiger partial charge in [-0.3, -0.25) is 0 Å². The maximum atomic E-state index is 11.4. The van der Waals surface area contributed by atoms with Crippen molar-refractivity contribution in [2.75, 3.05) is 19.7 Å². The molecule has 0 aromatic heterocycles. The summed E-state index contributed by atoms with van der Waals surface area (Å²) in [7, 11) is 0. The minimum Gasteiger partial charge on any atom is -0.391 e. The fourth-order valence-electron chi connectivity index (χ4n) is 2.09. The van der Waals surface area contributed by atoms with Crippen LogP contribution >= 0.6 is 0 Å². The summed E-state index contributed by atoms with van der Waals surface area (Å²) < 4.78 is 5.58. The quantitative estimate of drug-likeness (QED) is 0.646. The van der Waals surface area contributed by atoms with Crippen LogP contribution in [0.2, 0.25) is 0 Å². The molecule has 1 aliphatic rings. The second kappa shape index (κ2) is 9.16. The van der Waals surface area contributed by atoms with Gasteiger partial charge in [0.1, 0.15) is 0 Å².